The van der Waals surface area contributed by atoms with Crippen molar-refractivity contribution in [3.63, 3.8) is 0 Å². The number of aliphatic hydroxyl groups is 1. The van der Waals surface area contributed by atoms with Gasteiger partial charge < -0.3 is 9.84 Å². The molecule has 1 N–H and O–H groups in total. The topological polar surface area (TPSA) is 46.5 Å². The molecule has 0 radical (unpaired) electrons. The van der Waals surface area contributed by atoms with Gasteiger partial charge in [-0.05, 0) is 26.2 Å². The van der Waals surface area contributed by atoms with Crippen molar-refractivity contribution in [1.29, 1.82) is 0 Å². The van der Waals surface area contributed by atoms with E-state index in [1.54, 1.807) is 6.92 Å². The van der Waals surface area contributed by atoms with Crippen molar-refractivity contribution in [3.05, 3.63) is 0 Å². The number of hydrogen-bond acceptors (Lipinski definition) is 3. The van der Waals surface area contributed by atoms with E-state index in [0.717, 1.165) is 6.42 Å². The van der Waals surface area contributed by atoms with Crippen molar-refractivity contribution >= 4 is 5.97 Å². The summed E-state index contributed by atoms with van der Waals surface area (Å²) in [6, 6.07) is 0. The average molecular weight is 190 g/mol. The Bertz CT molecular complexity index is 195. The first-order chi connectivity index (χ1) is 6.11. The van der Waals surface area contributed by atoms with Gasteiger partial charge in [-0.15, -0.1) is 0 Å². The maximum atomic E-state index is 13.8. The number of rotatable bonds is 2. The van der Waals surface area contributed by atoms with E-state index >= 15 is 0 Å². The number of carbonyl (C=O) groups is 1. The molecule has 0 aromatic rings. The molecule has 0 amide bonds. The fraction of sp³-hybridized carbons (Fsp3) is 0.889. The highest BCUT2D eigenvalue weighted by Crippen LogP contribution is 2.33. The summed E-state index contributed by atoms with van der Waals surface area (Å²) in [7, 11) is 0. The van der Waals surface area contributed by atoms with Gasteiger partial charge in [0.15, 0.2) is 0 Å². The molecule has 3 nitrogen and oxygen atoms in total. The number of alkyl halides is 1. The summed E-state index contributed by atoms with van der Waals surface area (Å²) < 4.78 is 18.4. The van der Waals surface area contributed by atoms with Crippen LogP contribution in [0.3, 0.4) is 0 Å². The number of hydrogen-bond donors (Lipinski definition) is 1. The molecular formula is C9H15FO3. The van der Waals surface area contributed by atoms with Crippen LogP contribution >= 0.6 is 0 Å². The van der Waals surface area contributed by atoms with Crippen LogP contribution in [0.5, 0.6) is 0 Å². The van der Waals surface area contributed by atoms with Gasteiger partial charge in [0.05, 0.1) is 12.7 Å². The standard InChI is InChI=1S/C9H15FO3/c1-2-13-8(12)9(10)6-4-3-5-7(9)11/h7,11H,2-6H2,1H3. The minimum atomic E-state index is -2.16. The van der Waals surface area contributed by atoms with Crippen LogP contribution in [0.2, 0.25) is 0 Å². The van der Waals surface area contributed by atoms with Crippen LogP contribution in [0.4, 0.5) is 4.39 Å². The van der Waals surface area contributed by atoms with Crippen LogP contribution in [-0.2, 0) is 9.53 Å². The summed E-state index contributed by atoms with van der Waals surface area (Å²) in [5.41, 5.74) is -2.16. The molecule has 1 aliphatic rings. The molecule has 0 aliphatic heterocycles. The van der Waals surface area contributed by atoms with Crippen molar-refractivity contribution in [2.24, 2.45) is 0 Å². The van der Waals surface area contributed by atoms with Gasteiger partial charge in [0, 0.05) is 0 Å². The molecule has 1 fully saturated rings. The van der Waals surface area contributed by atoms with Gasteiger partial charge in [-0.2, -0.15) is 0 Å². The summed E-state index contributed by atoms with van der Waals surface area (Å²) in [6.07, 6.45) is 0.626. The minimum Gasteiger partial charge on any atom is -0.464 e. The molecular weight excluding hydrogens is 175 g/mol. The molecule has 2 unspecified atom stereocenters. The Morgan fingerprint density at radius 1 is 1.69 bits per heavy atom. The summed E-state index contributed by atoms with van der Waals surface area (Å²) in [6.45, 7) is 1.77. The second-order valence-electron chi connectivity index (χ2n) is 3.34. The SMILES string of the molecule is CCOC(=O)C1(F)CCCCC1O. The van der Waals surface area contributed by atoms with E-state index in [0.29, 0.717) is 12.8 Å². The molecule has 0 spiro atoms. The van der Waals surface area contributed by atoms with Crippen LogP contribution in [-0.4, -0.2) is 29.5 Å². The zero-order chi connectivity index (χ0) is 9.90. The first kappa shape index (κ1) is 10.4. The molecule has 76 valence electrons. The average Bonchev–Trinajstić information content (AvgIpc) is 2.11. The lowest BCUT2D eigenvalue weighted by atomic mass is 9.84. The van der Waals surface area contributed by atoms with Crippen LogP contribution in [0, 0.1) is 0 Å². The van der Waals surface area contributed by atoms with Crippen molar-refractivity contribution in [2.75, 3.05) is 6.61 Å². The molecule has 13 heavy (non-hydrogen) atoms. The fourth-order valence-electron chi connectivity index (χ4n) is 1.60. The largest absolute Gasteiger partial charge is 0.464 e. The van der Waals surface area contributed by atoms with Gasteiger partial charge >= 0.3 is 5.97 Å². The molecule has 1 rings (SSSR count). The molecule has 0 aromatic carbocycles. The summed E-state index contributed by atoms with van der Waals surface area (Å²) in [5.74, 6) is -0.915. The fourth-order valence-corrected chi connectivity index (χ4v) is 1.60. The molecule has 0 aromatic heterocycles. The van der Waals surface area contributed by atoms with E-state index in [1.807, 2.05) is 0 Å². The molecule has 2 atom stereocenters. The zero-order valence-corrected chi connectivity index (χ0v) is 7.75. The summed E-state index contributed by atoms with van der Waals surface area (Å²) in [4.78, 5) is 11.2. The first-order valence-electron chi connectivity index (χ1n) is 4.65. The third-order valence-electron chi connectivity index (χ3n) is 2.41. The third-order valence-corrected chi connectivity index (χ3v) is 2.41. The Balaban J connectivity index is 2.65. The Morgan fingerprint density at radius 3 is 2.92 bits per heavy atom. The predicted molar refractivity (Wildman–Crippen MR) is 44.9 cm³/mol. The Morgan fingerprint density at radius 2 is 2.38 bits per heavy atom. The second-order valence-corrected chi connectivity index (χ2v) is 3.34. The van der Waals surface area contributed by atoms with E-state index in [9.17, 15) is 14.3 Å². The maximum absolute atomic E-state index is 13.8. The monoisotopic (exact) mass is 190 g/mol. The lowest BCUT2D eigenvalue weighted by Crippen LogP contribution is -2.48. The van der Waals surface area contributed by atoms with E-state index in [-0.39, 0.29) is 13.0 Å². The number of aliphatic hydroxyl groups excluding tert-OH is 1. The van der Waals surface area contributed by atoms with E-state index in [1.165, 1.54) is 0 Å². The summed E-state index contributed by atoms with van der Waals surface area (Å²) in [5, 5.41) is 9.35. The normalized spacial score (nSPS) is 34.2. The number of carbonyl (C=O) groups excluding carboxylic acids is 1. The van der Waals surface area contributed by atoms with Gasteiger partial charge in [-0.3, -0.25) is 0 Å². The highest BCUT2D eigenvalue weighted by Gasteiger charge is 2.48. The molecule has 4 heteroatoms. The lowest BCUT2D eigenvalue weighted by molar-refractivity contribution is -0.169. The quantitative estimate of drug-likeness (QED) is 0.665. The first-order valence-corrected chi connectivity index (χ1v) is 4.65. The highest BCUT2D eigenvalue weighted by atomic mass is 19.1. The van der Waals surface area contributed by atoms with Crippen molar-refractivity contribution in [2.45, 2.75) is 44.4 Å². The van der Waals surface area contributed by atoms with Crippen LogP contribution < -0.4 is 0 Å². The highest BCUT2D eigenvalue weighted by molar-refractivity contribution is 5.80. The number of ether oxygens (including phenoxy) is 1. The van der Waals surface area contributed by atoms with Crippen molar-refractivity contribution in [1.82, 2.24) is 0 Å². The number of halogens is 1. The lowest BCUT2D eigenvalue weighted by Gasteiger charge is -2.31. The van der Waals surface area contributed by atoms with E-state index in [2.05, 4.69) is 4.74 Å². The van der Waals surface area contributed by atoms with Crippen molar-refractivity contribution < 1.29 is 19.0 Å². The molecule has 1 aliphatic carbocycles. The molecule has 0 bridgehead atoms. The Hall–Kier alpha value is -0.640. The molecule has 1 saturated carbocycles. The molecule has 0 heterocycles. The minimum absolute atomic E-state index is 0.0764. The van der Waals surface area contributed by atoms with Gasteiger partial charge in [0.25, 0.3) is 0 Å². The van der Waals surface area contributed by atoms with Crippen LogP contribution in [0.25, 0.3) is 0 Å². The second kappa shape index (κ2) is 4.05. The Kier molecular flexibility index (Phi) is 3.25. The van der Waals surface area contributed by atoms with Gasteiger partial charge in [-0.1, -0.05) is 6.42 Å². The van der Waals surface area contributed by atoms with E-state index in [4.69, 9.17) is 0 Å². The van der Waals surface area contributed by atoms with Crippen LogP contribution in [0.1, 0.15) is 32.6 Å². The zero-order valence-electron chi connectivity index (χ0n) is 7.75. The third kappa shape index (κ3) is 1.99. The van der Waals surface area contributed by atoms with Crippen LogP contribution in [0.15, 0.2) is 0 Å². The predicted octanol–water partition coefficient (Wildman–Crippen LogP) is 1.19. The Labute approximate surface area is 76.9 Å². The maximum Gasteiger partial charge on any atom is 0.346 e. The summed E-state index contributed by atoms with van der Waals surface area (Å²) >= 11 is 0. The van der Waals surface area contributed by atoms with Gasteiger partial charge in [0.2, 0.25) is 5.67 Å². The molecule has 0 saturated heterocycles. The van der Waals surface area contributed by atoms with Gasteiger partial charge in [-0.25, -0.2) is 9.18 Å². The number of esters is 1. The smallest absolute Gasteiger partial charge is 0.346 e. The van der Waals surface area contributed by atoms with Gasteiger partial charge in [0.1, 0.15) is 0 Å². The van der Waals surface area contributed by atoms with Crippen molar-refractivity contribution in [3.8, 4) is 0 Å². The van der Waals surface area contributed by atoms with E-state index < -0.39 is 17.7 Å².